The number of carbonyl (C=O) groups excluding carboxylic acids is 1. The predicted molar refractivity (Wildman–Crippen MR) is 109 cm³/mol. The second kappa shape index (κ2) is 7.96. The van der Waals surface area contributed by atoms with Crippen molar-refractivity contribution in [2.24, 2.45) is 0 Å². The molecular weight excluding hydrogens is 344 g/mol. The van der Waals surface area contributed by atoms with E-state index in [1.807, 2.05) is 44.3 Å². The maximum atomic E-state index is 12.5. The van der Waals surface area contributed by atoms with E-state index in [1.165, 1.54) is 10.9 Å². The lowest BCUT2D eigenvalue weighted by molar-refractivity contribution is -0.121. The number of aromatic nitrogens is 1. The Morgan fingerprint density at radius 3 is 2.54 bits per heavy atom. The van der Waals surface area contributed by atoms with Gasteiger partial charge >= 0.3 is 0 Å². The summed E-state index contributed by atoms with van der Waals surface area (Å²) in [6.45, 7) is 6.12. The minimum absolute atomic E-state index is 0.0214. The molecule has 1 amide bonds. The number of para-hydroxylation sites is 1. The number of amides is 1. The maximum Gasteiger partial charge on any atom is 0.221 e. The number of aromatic amines is 1. The molecule has 0 saturated heterocycles. The smallest absolute Gasteiger partial charge is 0.221 e. The lowest BCUT2D eigenvalue weighted by Crippen LogP contribution is -2.31. The quantitative estimate of drug-likeness (QED) is 0.598. The van der Waals surface area contributed by atoms with Gasteiger partial charge in [0.1, 0.15) is 0 Å². The van der Waals surface area contributed by atoms with E-state index >= 15 is 0 Å². The molecule has 1 heterocycles. The normalized spacial score (nSPS) is 12.5. The van der Waals surface area contributed by atoms with E-state index in [2.05, 4.69) is 35.4 Å². The zero-order chi connectivity index (χ0) is 18.7. The maximum absolute atomic E-state index is 12.5. The van der Waals surface area contributed by atoms with Crippen LogP contribution in [0, 0.1) is 0 Å². The SMILES string of the molecule is CCc1cccc2c(C(CC(=O)NC(C)C)c3ccc(Cl)cc3)c[nH]c12. The number of halogens is 1. The number of carbonyl (C=O) groups is 1. The second-order valence-corrected chi connectivity index (χ2v) is 7.40. The monoisotopic (exact) mass is 368 g/mol. The number of benzene rings is 2. The van der Waals surface area contributed by atoms with Crippen molar-refractivity contribution in [3.05, 3.63) is 70.4 Å². The van der Waals surface area contributed by atoms with Crippen molar-refractivity contribution >= 4 is 28.4 Å². The van der Waals surface area contributed by atoms with Crippen LogP contribution < -0.4 is 5.32 Å². The van der Waals surface area contributed by atoms with Crippen molar-refractivity contribution in [2.75, 3.05) is 0 Å². The highest BCUT2D eigenvalue weighted by atomic mass is 35.5. The van der Waals surface area contributed by atoms with Crippen LogP contribution in [-0.4, -0.2) is 16.9 Å². The molecule has 0 radical (unpaired) electrons. The van der Waals surface area contributed by atoms with E-state index in [4.69, 9.17) is 11.6 Å². The van der Waals surface area contributed by atoms with Gasteiger partial charge in [-0.25, -0.2) is 0 Å². The summed E-state index contributed by atoms with van der Waals surface area (Å²) in [5.41, 5.74) is 4.69. The van der Waals surface area contributed by atoms with E-state index in [0.29, 0.717) is 11.4 Å². The first-order valence-corrected chi connectivity index (χ1v) is 9.51. The fourth-order valence-corrected chi connectivity index (χ4v) is 3.62. The third-order valence-corrected chi connectivity index (χ3v) is 4.95. The summed E-state index contributed by atoms with van der Waals surface area (Å²) in [4.78, 5) is 15.9. The summed E-state index contributed by atoms with van der Waals surface area (Å²) in [6.07, 6.45) is 3.42. The molecule has 0 bridgehead atoms. The first-order valence-electron chi connectivity index (χ1n) is 9.13. The first kappa shape index (κ1) is 18.5. The van der Waals surface area contributed by atoms with Crippen molar-refractivity contribution in [1.29, 1.82) is 0 Å². The molecule has 26 heavy (non-hydrogen) atoms. The van der Waals surface area contributed by atoms with Crippen LogP contribution >= 0.6 is 11.6 Å². The van der Waals surface area contributed by atoms with Gasteiger partial charge in [-0.3, -0.25) is 4.79 Å². The topological polar surface area (TPSA) is 44.9 Å². The van der Waals surface area contributed by atoms with E-state index in [0.717, 1.165) is 23.1 Å². The summed E-state index contributed by atoms with van der Waals surface area (Å²) < 4.78 is 0. The highest BCUT2D eigenvalue weighted by molar-refractivity contribution is 6.30. The molecule has 4 heteroatoms. The van der Waals surface area contributed by atoms with E-state index in [-0.39, 0.29) is 17.9 Å². The molecule has 0 aliphatic heterocycles. The van der Waals surface area contributed by atoms with Crippen molar-refractivity contribution in [3.8, 4) is 0 Å². The number of aryl methyl sites for hydroxylation is 1. The molecule has 3 nitrogen and oxygen atoms in total. The molecule has 2 aromatic carbocycles. The van der Waals surface area contributed by atoms with Crippen molar-refractivity contribution in [1.82, 2.24) is 10.3 Å². The molecule has 3 aromatic rings. The number of nitrogens with one attached hydrogen (secondary N) is 2. The second-order valence-electron chi connectivity index (χ2n) is 6.97. The molecule has 0 aliphatic rings. The Hall–Kier alpha value is -2.26. The number of rotatable bonds is 6. The Morgan fingerprint density at radius 2 is 1.88 bits per heavy atom. The van der Waals surface area contributed by atoms with Crippen molar-refractivity contribution in [3.63, 3.8) is 0 Å². The molecule has 0 fully saturated rings. The zero-order valence-corrected chi connectivity index (χ0v) is 16.2. The Morgan fingerprint density at radius 1 is 1.15 bits per heavy atom. The summed E-state index contributed by atoms with van der Waals surface area (Å²) in [5, 5.41) is 4.89. The number of H-pyrrole nitrogens is 1. The van der Waals surface area contributed by atoms with Gasteiger partial charge in [-0.15, -0.1) is 0 Å². The minimum atomic E-state index is -0.0214. The van der Waals surface area contributed by atoms with Crippen LogP contribution in [0.4, 0.5) is 0 Å². The first-order chi connectivity index (χ1) is 12.5. The molecule has 0 aliphatic carbocycles. The third kappa shape index (κ3) is 3.94. The lowest BCUT2D eigenvalue weighted by atomic mass is 9.87. The van der Waals surface area contributed by atoms with Gasteiger partial charge in [0.15, 0.2) is 0 Å². The van der Waals surface area contributed by atoms with E-state index in [1.54, 1.807) is 0 Å². The van der Waals surface area contributed by atoms with Gasteiger partial charge in [0.2, 0.25) is 5.91 Å². The summed E-state index contributed by atoms with van der Waals surface area (Å²) in [5.74, 6) is 0.0350. The van der Waals surface area contributed by atoms with Crippen LogP contribution in [0.3, 0.4) is 0 Å². The average molecular weight is 369 g/mol. The Labute approximate surface area is 159 Å². The van der Waals surface area contributed by atoms with Crippen LogP contribution in [0.2, 0.25) is 5.02 Å². The van der Waals surface area contributed by atoms with Crippen molar-refractivity contribution < 1.29 is 4.79 Å². The summed E-state index contributed by atoms with van der Waals surface area (Å²) in [7, 11) is 0. The minimum Gasteiger partial charge on any atom is -0.361 e. The Bertz CT molecular complexity index is 896. The zero-order valence-electron chi connectivity index (χ0n) is 15.5. The highest BCUT2D eigenvalue weighted by Crippen LogP contribution is 2.35. The highest BCUT2D eigenvalue weighted by Gasteiger charge is 2.22. The molecule has 136 valence electrons. The van der Waals surface area contributed by atoms with Gasteiger partial charge < -0.3 is 10.3 Å². The van der Waals surface area contributed by atoms with E-state index < -0.39 is 0 Å². The van der Waals surface area contributed by atoms with Gasteiger partial charge in [0.05, 0.1) is 0 Å². The van der Waals surface area contributed by atoms with Crippen LogP contribution in [0.5, 0.6) is 0 Å². The van der Waals surface area contributed by atoms with Gasteiger partial charge in [-0.1, -0.05) is 48.9 Å². The number of hydrogen-bond donors (Lipinski definition) is 2. The van der Waals surface area contributed by atoms with Crippen LogP contribution in [-0.2, 0) is 11.2 Å². The Balaban J connectivity index is 2.05. The predicted octanol–water partition coefficient (Wildman–Crippen LogP) is 5.43. The molecular formula is C22H25ClN2O. The van der Waals surface area contributed by atoms with Crippen LogP contribution in [0.1, 0.15) is 49.8 Å². The average Bonchev–Trinajstić information content (AvgIpc) is 3.04. The largest absolute Gasteiger partial charge is 0.361 e. The molecule has 0 spiro atoms. The summed E-state index contributed by atoms with van der Waals surface area (Å²) >= 11 is 6.07. The molecule has 1 aromatic heterocycles. The van der Waals surface area contributed by atoms with Gasteiger partial charge in [0, 0.05) is 40.5 Å². The molecule has 1 atom stereocenters. The molecule has 2 N–H and O–H groups in total. The van der Waals surface area contributed by atoms with Gasteiger partial charge in [0.25, 0.3) is 0 Å². The Kier molecular flexibility index (Phi) is 5.67. The fraction of sp³-hybridized carbons (Fsp3) is 0.318. The standard InChI is InChI=1S/C22H25ClN2O/c1-4-15-6-5-7-18-20(13-24-22(15)18)19(12-21(26)25-14(2)3)16-8-10-17(23)11-9-16/h5-11,13-14,19,24H,4,12H2,1-3H3,(H,25,26). The van der Waals surface area contributed by atoms with Crippen molar-refractivity contribution in [2.45, 2.75) is 45.6 Å². The number of fused-ring (bicyclic) bond motifs is 1. The lowest BCUT2D eigenvalue weighted by Gasteiger charge is -2.18. The molecule has 0 saturated carbocycles. The van der Waals surface area contributed by atoms with Crippen LogP contribution in [0.15, 0.2) is 48.7 Å². The molecule has 3 rings (SSSR count). The molecule has 1 unspecified atom stereocenters. The third-order valence-electron chi connectivity index (χ3n) is 4.70. The summed E-state index contributed by atoms with van der Waals surface area (Å²) in [6, 6.07) is 14.3. The van der Waals surface area contributed by atoms with E-state index in [9.17, 15) is 4.79 Å². The van der Waals surface area contributed by atoms with Gasteiger partial charge in [-0.2, -0.15) is 0 Å². The van der Waals surface area contributed by atoms with Crippen LogP contribution in [0.25, 0.3) is 10.9 Å². The van der Waals surface area contributed by atoms with Gasteiger partial charge in [-0.05, 0) is 49.1 Å². The fourth-order valence-electron chi connectivity index (χ4n) is 3.49. The number of hydrogen-bond acceptors (Lipinski definition) is 1.